The van der Waals surface area contributed by atoms with Crippen molar-refractivity contribution in [2.45, 2.75) is 25.9 Å². The normalized spacial score (nSPS) is 20.5. The van der Waals surface area contributed by atoms with E-state index < -0.39 is 5.60 Å². The zero-order valence-corrected chi connectivity index (χ0v) is 17.6. The number of carbonyl (C=O) groups is 1. The molecule has 3 aromatic rings. The van der Waals surface area contributed by atoms with Crippen molar-refractivity contribution < 1.29 is 19.4 Å². The molecule has 2 aromatic heterocycles. The van der Waals surface area contributed by atoms with Crippen molar-refractivity contribution in [2.24, 2.45) is 0 Å². The highest BCUT2D eigenvalue weighted by Gasteiger charge is 2.35. The number of anilines is 2. The number of rotatable bonds is 4. The molecule has 0 bridgehead atoms. The Balaban J connectivity index is 1.51. The summed E-state index contributed by atoms with van der Waals surface area (Å²) in [7, 11) is 0. The van der Waals surface area contributed by atoms with Crippen LogP contribution >= 0.6 is 0 Å². The maximum atomic E-state index is 13.2. The Bertz CT molecular complexity index is 1150. The molecule has 1 amide bonds. The number of morpholine rings is 1. The fraction of sp³-hybridized carbons (Fsp3) is 0.409. The Hall–Kier alpha value is -3.17. The number of nitrogens with zero attached hydrogens (tertiary/aromatic N) is 4. The van der Waals surface area contributed by atoms with Gasteiger partial charge in [0.05, 0.1) is 37.4 Å². The van der Waals surface area contributed by atoms with Gasteiger partial charge in [0.15, 0.2) is 5.65 Å². The number of aliphatic hydroxyl groups excluding tert-OH is 1. The Morgan fingerprint density at radius 1 is 1.29 bits per heavy atom. The second-order valence-corrected chi connectivity index (χ2v) is 8.38. The Kier molecular flexibility index (Phi) is 4.79. The van der Waals surface area contributed by atoms with E-state index in [-0.39, 0.29) is 12.5 Å². The van der Waals surface area contributed by atoms with Gasteiger partial charge in [0.1, 0.15) is 16.9 Å². The van der Waals surface area contributed by atoms with Crippen LogP contribution in [0.3, 0.4) is 0 Å². The molecule has 0 aliphatic carbocycles. The van der Waals surface area contributed by atoms with Crippen molar-refractivity contribution in [1.82, 2.24) is 14.6 Å². The number of aliphatic hydroxyl groups is 1. The van der Waals surface area contributed by atoms with Crippen LogP contribution in [0, 0.1) is 6.92 Å². The molecule has 9 heteroatoms. The van der Waals surface area contributed by atoms with Gasteiger partial charge in [0, 0.05) is 43.5 Å². The Morgan fingerprint density at radius 2 is 2.10 bits per heavy atom. The van der Waals surface area contributed by atoms with Crippen molar-refractivity contribution in [3.8, 4) is 5.75 Å². The van der Waals surface area contributed by atoms with Gasteiger partial charge in [-0.25, -0.2) is 9.50 Å². The molecule has 0 radical (unpaired) electrons. The molecule has 5 rings (SSSR count). The van der Waals surface area contributed by atoms with Crippen LogP contribution in [0.15, 0.2) is 30.7 Å². The SMILES string of the molecule is Cc1cnc2c(C(=O)Nc3cc4c(cc3N3CCOCC3)OC(C)(CO)C4)cnn2c1. The lowest BCUT2D eigenvalue weighted by atomic mass is 9.99. The number of fused-ring (bicyclic) bond motifs is 2. The highest BCUT2D eigenvalue weighted by molar-refractivity contribution is 6.09. The summed E-state index contributed by atoms with van der Waals surface area (Å²) in [6.07, 6.45) is 5.66. The van der Waals surface area contributed by atoms with E-state index in [1.165, 1.54) is 6.20 Å². The average molecular weight is 423 g/mol. The first-order valence-electron chi connectivity index (χ1n) is 10.4. The summed E-state index contributed by atoms with van der Waals surface area (Å²) in [5, 5.41) is 17.1. The van der Waals surface area contributed by atoms with Gasteiger partial charge >= 0.3 is 0 Å². The maximum Gasteiger partial charge on any atom is 0.261 e. The molecule has 31 heavy (non-hydrogen) atoms. The number of carbonyl (C=O) groups excluding carboxylic acids is 1. The van der Waals surface area contributed by atoms with Crippen LogP contribution in [-0.4, -0.2) is 64.1 Å². The van der Waals surface area contributed by atoms with Gasteiger partial charge in [-0.1, -0.05) is 0 Å². The lowest BCUT2D eigenvalue weighted by Gasteiger charge is -2.31. The molecule has 1 atom stereocenters. The molecule has 1 aromatic carbocycles. The topological polar surface area (TPSA) is 101 Å². The second kappa shape index (κ2) is 7.51. The monoisotopic (exact) mass is 423 g/mol. The fourth-order valence-electron chi connectivity index (χ4n) is 4.12. The van der Waals surface area contributed by atoms with Crippen LogP contribution < -0.4 is 15.0 Å². The van der Waals surface area contributed by atoms with E-state index in [9.17, 15) is 9.90 Å². The number of nitrogens with one attached hydrogen (secondary N) is 1. The van der Waals surface area contributed by atoms with Crippen LogP contribution in [0.1, 0.15) is 28.4 Å². The van der Waals surface area contributed by atoms with Crippen LogP contribution in [0.2, 0.25) is 0 Å². The van der Waals surface area contributed by atoms with E-state index in [4.69, 9.17) is 9.47 Å². The van der Waals surface area contributed by atoms with Crippen molar-refractivity contribution in [3.63, 3.8) is 0 Å². The van der Waals surface area contributed by atoms with Gasteiger partial charge < -0.3 is 24.8 Å². The van der Waals surface area contributed by atoms with Crippen molar-refractivity contribution in [3.05, 3.63) is 47.4 Å². The molecule has 4 heterocycles. The summed E-state index contributed by atoms with van der Waals surface area (Å²) in [5.41, 5.74) is 3.75. The third-order valence-electron chi connectivity index (χ3n) is 5.76. The van der Waals surface area contributed by atoms with Gasteiger partial charge in [-0.2, -0.15) is 5.10 Å². The molecular formula is C22H25N5O4. The zero-order chi connectivity index (χ0) is 21.6. The molecule has 0 saturated carbocycles. The van der Waals surface area contributed by atoms with Crippen molar-refractivity contribution in [1.29, 1.82) is 0 Å². The fourth-order valence-corrected chi connectivity index (χ4v) is 4.12. The minimum atomic E-state index is -0.655. The van der Waals surface area contributed by atoms with Crippen LogP contribution in [0.4, 0.5) is 11.4 Å². The number of hydrogen-bond acceptors (Lipinski definition) is 7. The summed E-state index contributed by atoms with van der Waals surface area (Å²) in [6.45, 7) is 6.41. The van der Waals surface area contributed by atoms with Crippen LogP contribution in [0.5, 0.6) is 5.75 Å². The lowest BCUT2D eigenvalue weighted by molar-refractivity contribution is 0.0446. The molecule has 2 aliphatic rings. The number of ether oxygens (including phenoxy) is 2. The van der Waals surface area contributed by atoms with Crippen molar-refractivity contribution in [2.75, 3.05) is 43.1 Å². The number of aromatic nitrogens is 3. The van der Waals surface area contributed by atoms with Gasteiger partial charge in [-0.05, 0) is 25.5 Å². The largest absolute Gasteiger partial charge is 0.484 e. The minimum absolute atomic E-state index is 0.0796. The van der Waals surface area contributed by atoms with Crippen LogP contribution in [-0.2, 0) is 11.2 Å². The smallest absolute Gasteiger partial charge is 0.261 e. The first-order valence-corrected chi connectivity index (χ1v) is 10.4. The van der Waals surface area contributed by atoms with Gasteiger partial charge in [0.25, 0.3) is 5.91 Å². The van der Waals surface area contributed by atoms with Gasteiger partial charge in [-0.3, -0.25) is 4.79 Å². The lowest BCUT2D eigenvalue weighted by Crippen LogP contribution is -2.36. The first-order chi connectivity index (χ1) is 15.0. The Labute approximate surface area is 179 Å². The molecule has 0 spiro atoms. The standard InChI is InChI=1S/C22H25N5O4/c1-14-10-23-20-16(11-24-27(20)12-14)21(29)25-17-7-15-9-22(2,13-28)31-19(15)8-18(17)26-3-5-30-6-4-26/h7-8,10-12,28H,3-6,9,13H2,1-2H3,(H,25,29). The molecule has 9 nitrogen and oxygen atoms in total. The molecule has 1 fully saturated rings. The highest BCUT2D eigenvalue weighted by Crippen LogP contribution is 2.42. The molecule has 1 unspecified atom stereocenters. The second-order valence-electron chi connectivity index (χ2n) is 8.38. The number of amides is 1. The summed E-state index contributed by atoms with van der Waals surface area (Å²) in [5.74, 6) is 0.466. The summed E-state index contributed by atoms with van der Waals surface area (Å²) in [6, 6.07) is 3.90. The van der Waals surface area contributed by atoms with Crippen LogP contribution in [0.25, 0.3) is 5.65 Å². The highest BCUT2D eigenvalue weighted by atomic mass is 16.5. The number of hydrogen-bond donors (Lipinski definition) is 2. The van der Waals surface area contributed by atoms with E-state index in [1.807, 2.05) is 32.2 Å². The van der Waals surface area contributed by atoms with E-state index in [0.29, 0.717) is 36.5 Å². The van der Waals surface area contributed by atoms with Gasteiger partial charge in [0.2, 0.25) is 0 Å². The van der Waals surface area contributed by atoms with E-state index >= 15 is 0 Å². The van der Waals surface area contributed by atoms with E-state index in [0.717, 1.165) is 35.7 Å². The zero-order valence-electron chi connectivity index (χ0n) is 17.6. The summed E-state index contributed by atoms with van der Waals surface area (Å²) < 4.78 is 13.1. The number of aryl methyl sites for hydroxylation is 1. The third-order valence-corrected chi connectivity index (χ3v) is 5.76. The number of benzene rings is 1. The van der Waals surface area contributed by atoms with Crippen molar-refractivity contribution >= 4 is 22.9 Å². The summed E-state index contributed by atoms with van der Waals surface area (Å²) in [4.78, 5) is 19.7. The van der Waals surface area contributed by atoms with Gasteiger partial charge in [-0.15, -0.1) is 0 Å². The maximum absolute atomic E-state index is 13.2. The average Bonchev–Trinajstić information content (AvgIpc) is 3.33. The van der Waals surface area contributed by atoms with E-state index in [2.05, 4.69) is 20.3 Å². The minimum Gasteiger partial charge on any atom is -0.484 e. The molecule has 2 N–H and O–H groups in total. The molecular weight excluding hydrogens is 398 g/mol. The Morgan fingerprint density at radius 3 is 2.87 bits per heavy atom. The predicted molar refractivity (Wildman–Crippen MR) is 115 cm³/mol. The molecule has 162 valence electrons. The quantitative estimate of drug-likeness (QED) is 0.660. The molecule has 2 aliphatic heterocycles. The molecule has 1 saturated heterocycles. The van der Waals surface area contributed by atoms with E-state index in [1.54, 1.807) is 10.7 Å². The first kappa shape index (κ1) is 19.8. The predicted octanol–water partition coefficient (Wildman–Crippen LogP) is 1.81. The summed E-state index contributed by atoms with van der Waals surface area (Å²) >= 11 is 0. The third kappa shape index (κ3) is 3.60.